The van der Waals surface area contributed by atoms with Crippen LogP contribution in [0.4, 0.5) is 0 Å². The first kappa shape index (κ1) is 23.6. The Labute approximate surface area is 191 Å². The maximum atomic E-state index is 13.4. The molecule has 0 aliphatic rings. The Morgan fingerprint density at radius 3 is 2.28 bits per heavy atom. The molecule has 0 spiro atoms. The van der Waals surface area contributed by atoms with Crippen LogP contribution in [0.25, 0.3) is 10.9 Å². The van der Waals surface area contributed by atoms with Gasteiger partial charge >= 0.3 is 0 Å². The summed E-state index contributed by atoms with van der Waals surface area (Å²) in [6, 6.07) is 18.3. The third kappa shape index (κ3) is 6.22. The van der Waals surface area contributed by atoms with Crippen molar-refractivity contribution in [1.29, 1.82) is 0 Å². The highest BCUT2D eigenvalue weighted by atomic mass is 16.2. The number of H-pyrrole nitrogens is 1. The zero-order valence-electron chi connectivity index (χ0n) is 19.7. The van der Waals surface area contributed by atoms with E-state index < -0.39 is 0 Å². The highest BCUT2D eigenvalue weighted by Crippen LogP contribution is 2.19. The molecule has 0 atom stereocenters. The minimum absolute atomic E-state index is 0.0108. The second-order valence-electron chi connectivity index (χ2n) is 9.18. The molecule has 0 saturated heterocycles. The third-order valence-electron chi connectivity index (χ3n) is 5.61. The summed E-state index contributed by atoms with van der Waals surface area (Å²) in [5, 5.41) is 1.19. The lowest BCUT2D eigenvalue weighted by Gasteiger charge is -2.30. The molecule has 5 nitrogen and oxygen atoms in total. The number of benzene rings is 2. The predicted molar refractivity (Wildman–Crippen MR) is 130 cm³/mol. The van der Waals surface area contributed by atoms with Crippen molar-refractivity contribution in [3.8, 4) is 0 Å². The lowest BCUT2D eigenvalue weighted by atomic mass is 10.1. The maximum Gasteiger partial charge on any atom is 0.242 e. The standard InChI is InChI=1S/C27H35N3O2/c1-20(2)17-30(27(32)21(3)4)19-26(31)29(18-22-10-6-5-7-11-22)15-14-23-16-28-25-13-9-8-12-24(23)25/h5-13,16,20-21,28H,14-15,17-19H2,1-4H3. The molecular formula is C27H35N3O2. The third-order valence-corrected chi connectivity index (χ3v) is 5.61. The fourth-order valence-corrected chi connectivity index (χ4v) is 3.99. The highest BCUT2D eigenvalue weighted by Gasteiger charge is 2.24. The van der Waals surface area contributed by atoms with Gasteiger partial charge in [-0.25, -0.2) is 0 Å². The molecule has 3 rings (SSSR count). The summed E-state index contributed by atoms with van der Waals surface area (Å²) in [5.74, 6) is 0.196. The summed E-state index contributed by atoms with van der Waals surface area (Å²) in [4.78, 5) is 33.1. The first-order valence-corrected chi connectivity index (χ1v) is 11.5. The normalized spacial score (nSPS) is 11.3. The summed E-state index contributed by atoms with van der Waals surface area (Å²) in [6.45, 7) is 9.76. The number of nitrogens with one attached hydrogen (secondary N) is 1. The van der Waals surface area contributed by atoms with Crippen LogP contribution in [0.15, 0.2) is 60.8 Å². The Morgan fingerprint density at radius 2 is 1.59 bits per heavy atom. The number of rotatable bonds is 10. The molecule has 0 fully saturated rings. The lowest BCUT2D eigenvalue weighted by Crippen LogP contribution is -2.45. The van der Waals surface area contributed by atoms with Crippen molar-refractivity contribution in [2.45, 2.75) is 40.7 Å². The number of hydrogen-bond donors (Lipinski definition) is 1. The van der Waals surface area contributed by atoms with Crippen LogP contribution in [0.3, 0.4) is 0 Å². The molecule has 1 heterocycles. The first-order chi connectivity index (χ1) is 15.3. The molecule has 1 N–H and O–H groups in total. The predicted octanol–water partition coefficient (Wildman–Crippen LogP) is 4.88. The Balaban J connectivity index is 1.77. The van der Waals surface area contributed by atoms with Gasteiger partial charge in [-0.1, -0.05) is 76.2 Å². The minimum Gasteiger partial charge on any atom is -0.361 e. The monoisotopic (exact) mass is 433 g/mol. The van der Waals surface area contributed by atoms with Crippen molar-refractivity contribution in [2.75, 3.05) is 19.6 Å². The van der Waals surface area contributed by atoms with E-state index in [2.05, 4.69) is 31.0 Å². The molecule has 0 saturated carbocycles. The van der Waals surface area contributed by atoms with Gasteiger partial charge in [-0.15, -0.1) is 0 Å². The molecule has 1 aromatic heterocycles. The molecule has 0 unspecified atom stereocenters. The molecule has 2 amide bonds. The van der Waals surface area contributed by atoms with Crippen LogP contribution in [0, 0.1) is 11.8 Å². The van der Waals surface area contributed by atoms with Gasteiger partial charge in [0.1, 0.15) is 0 Å². The van der Waals surface area contributed by atoms with E-state index in [1.54, 1.807) is 4.90 Å². The number of aromatic nitrogens is 1. The van der Waals surface area contributed by atoms with Gasteiger partial charge in [-0.05, 0) is 29.5 Å². The average Bonchev–Trinajstić information content (AvgIpc) is 3.19. The fraction of sp³-hybridized carbons (Fsp3) is 0.407. The van der Waals surface area contributed by atoms with E-state index in [1.165, 1.54) is 10.9 Å². The van der Waals surface area contributed by atoms with Crippen molar-refractivity contribution in [1.82, 2.24) is 14.8 Å². The van der Waals surface area contributed by atoms with E-state index in [0.29, 0.717) is 25.6 Å². The van der Waals surface area contributed by atoms with Crippen LogP contribution >= 0.6 is 0 Å². The SMILES string of the molecule is CC(C)CN(CC(=O)N(CCc1c[nH]c2ccccc12)Cc1ccccc1)C(=O)C(C)C. The van der Waals surface area contributed by atoms with Crippen molar-refractivity contribution in [2.24, 2.45) is 11.8 Å². The number of hydrogen-bond acceptors (Lipinski definition) is 2. The molecule has 3 aromatic rings. The first-order valence-electron chi connectivity index (χ1n) is 11.5. The number of carbonyl (C=O) groups is 2. The van der Waals surface area contributed by atoms with Gasteiger partial charge in [0.15, 0.2) is 0 Å². The fourth-order valence-electron chi connectivity index (χ4n) is 3.99. The smallest absolute Gasteiger partial charge is 0.242 e. The maximum absolute atomic E-state index is 13.4. The van der Waals surface area contributed by atoms with Crippen molar-refractivity contribution in [3.05, 3.63) is 71.9 Å². The van der Waals surface area contributed by atoms with Crippen LogP contribution < -0.4 is 0 Å². The summed E-state index contributed by atoms with van der Waals surface area (Å²) in [6.07, 6.45) is 2.79. The summed E-state index contributed by atoms with van der Waals surface area (Å²) >= 11 is 0. The Bertz CT molecular complexity index is 1020. The Morgan fingerprint density at radius 1 is 0.906 bits per heavy atom. The van der Waals surface area contributed by atoms with Crippen LogP contribution in [-0.2, 0) is 22.6 Å². The van der Waals surface area contributed by atoms with Crippen molar-refractivity contribution >= 4 is 22.7 Å². The van der Waals surface area contributed by atoms with Crippen LogP contribution in [0.2, 0.25) is 0 Å². The average molecular weight is 434 g/mol. The summed E-state index contributed by atoms with van der Waals surface area (Å²) in [5.41, 5.74) is 3.39. The van der Waals surface area contributed by atoms with Crippen molar-refractivity contribution < 1.29 is 9.59 Å². The van der Waals surface area contributed by atoms with E-state index in [9.17, 15) is 9.59 Å². The van der Waals surface area contributed by atoms with Gasteiger partial charge in [0.2, 0.25) is 11.8 Å². The van der Waals surface area contributed by atoms with Gasteiger partial charge in [0, 0.05) is 42.7 Å². The molecular weight excluding hydrogens is 398 g/mol. The molecule has 170 valence electrons. The quantitative estimate of drug-likeness (QED) is 0.495. The second kappa shape index (κ2) is 11.0. The van der Waals surface area contributed by atoms with Crippen LogP contribution in [0.5, 0.6) is 0 Å². The largest absolute Gasteiger partial charge is 0.361 e. The van der Waals surface area contributed by atoms with Gasteiger partial charge < -0.3 is 14.8 Å². The van der Waals surface area contributed by atoms with Crippen molar-refractivity contribution in [3.63, 3.8) is 0 Å². The molecule has 0 radical (unpaired) electrons. The van der Waals surface area contributed by atoms with E-state index in [-0.39, 0.29) is 24.3 Å². The zero-order chi connectivity index (χ0) is 23.1. The van der Waals surface area contributed by atoms with E-state index in [0.717, 1.165) is 17.5 Å². The molecule has 2 aromatic carbocycles. The van der Waals surface area contributed by atoms with Gasteiger partial charge in [0.25, 0.3) is 0 Å². The molecule has 0 aliphatic carbocycles. The molecule has 5 heteroatoms. The number of nitrogens with zero attached hydrogens (tertiary/aromatic N) is 2. The lowest BCUT2D eigenvalue weighted by molar-refractivity contribution is -0.143. The zero-order valence-corrected chi connectivity index (χ0v) is 19.7. The van der Waals surface area contributed by atoms with E-state index >= 15 is 0 Å². The Kier molecular flexibility index (Phi) is 8.09. The second-order valence-corrected chi connectivity index (χ2v) is 9.18. The Hall–Kier alpha value is -3.08. The van der Waals surface area contributed by atoms with Gasteiger partial charge in [-0.3, -0.25) is 9.59 Å². The van der Waals surface area contributed by atoms with E-state index in [4.69, 9.17) is 0 Å². The molecule has 32 heavy (non-hydrogen) atoms. The van der Waals surface area contributed by atoms with Gasteiger partial charge in [0.05, 0.1) is 6.54 Å². The highest BCUT2D eigenvalue weighted by molar-refractivity contribution is 5.86. The summed E-state index contributed by atoms with van der Waals surface area (Å²) in [7, 11) is 0. The van der Waals surface area contributed by atoms with Gasteiger partial charge in [-0.2, -0.15) is 0 Å². The van der Waals surface area contributed by atoms with E-state index in [1.807, 2.05) is 67.4 Å². The summed E-state index contributed by atoms with van der Waals surface area (Å²) < 4.78 is 0. The molecule has 0 aliphatic heterocycles. The number of carbonyl (C=O) groups excluding carboxylic acids is 2. The molecule has 0 bridgehead atoms. The minimum atomic E-state index is -0.129. The number of aromatic amines is 1. The van der Waals surface area contributed by atoms with Crippen LogP contribution in [-0.4, -0.2) is 46.2 Å². The number of para-hydroxylation sites is 1. The number of amides is 2. The van der Waals surface area contributed by atoms with Crippen LogP contribution in [0.1, 0.15) is 38.8 Å². The number of fused-ring (bicyclic) bond motifs is 1. The topological polar surface area (TPSA) is 56.4 Å².